The summed E-state index contributed by atoms with van der Waals surface area (Å²) < 4.78 is 20.7. The fraction of sp³-hybridized carbons (Fsp3) is 0.500. The maximum absolute atomic E-state index is 12.5. The van der Waals surface area contributed by atoms with Crippen molar-refractivity contribution in [2.45, 2.75) is 79.8 Å². The van der Waals surface area contributed by atoms with Gasteiger partial charge >= 0.3 is 23.9 Å². The highest BCUT2D eigenvalue weighted by molar-refractivity contribution is 6.37. The summed E-state index contributed by atoms with van der Waals surface area (Å²) in [6, 6.07) is 5.72. The van der Waals surface area contributed by atoms with Crippen LogP contribution in [0.1, 0.15) is 55.4 Å². The van der Waals surface area contributed by atoms with E-state index in [1.54, 1.807) is 55.4 Å². The molecule has 1 aromatic carbocycles. The average Bonchev–Trinajstić information content (AvgIpc) is 2.60. The van der Waals surface area contributed by atoms with Gasteiger partial charge in [0.25, 0.3) is 0 Å². The molecule has 0 fully saturated rings. The van der Waals surface area contributed by atoms with Crippen molar-refractivity contribution >= 4 is 35.0 Å². The monoisotopic (exact) mass is 448 g/mol. The topological polar surface area (TPSA) is 105 Å². The molecule has 0 saturated heterocycles. The summed E-state index contributed by atoms with van der Waals surface area (Å²) in [5.41, 5.74) is -0.565. The van der Waals surface area contributed by atoms with Gasteiger partial charge in [0.1, 0.15) is 0 Å². The number of carbonyl (C=O) groups excluding carboxylic acids is 4. The van der Waals surface area contributed by atoms with E-state index < -0.39 is 48.3 Å². The Hall–Kier alpha value is -3.16. The predicted octanol–water partition coefficient (Wildman–Crippen LogP) is 1.79. The molecule has 0 atom stereocenters. The van der Waals surface area contributed by atoms with Gasteiger partial charge in [-0.3, -0.25) is 0 Å². The van der Waals surface area contributed by atoms with Crippen LogP contribution in [0.2, 0.25) is 0 Å². The Morgan fingerprint density at radius 1 is 0.469 bits per heavy atom. The van der Waals surface area contributed by atoms with Crippen LogP contribution in [0.3, 0.4) is 0 Å². The van der Waals surface area contributed by atoms with Gasteiger partial charge in [-0.1, -0.05) is 24.3 Å². The molecule has 0 aromatic heterocycles. The summed E-state index contributed by atoms with van der Waals surface area (Å²) in [7, 11) is 0. The Kier molecular flexibility index (Phi) is 10.1. The first-order chi connectivity index (χ1) is 14.8. The molecule has 1 rings (SSSR count). The fourth-order valence-corrected chi connectivity index (χ4v) is 2.53. The first kappa shape index (κ1) is 26.9. The smallest absolute Gasteiger partial charge is 0.346 e. The van der Waals surface area contributed by atoms with Crippen molar-refractivity contribution in [3.63, 3.8) is 0 Å². The molecule has 0 amide bonds. The van der Waals surface area contributed by atoms with Crippen molar-refractivity contribution in [3.05, 3.63) is 34.7 Å². The molecule has 176 valence electrons. The lowest BCUT2D eigenvalue weighted by atomic mass is 10.1. The Balaban J connectivity index is 3.69. The predicted molar refractivity (Wildman–Crippen MR) is 117 cm³/mol. The second kappa shape index (κ2) is 12.0. The number of esters is 4. The molecule has 0 saturated carbocycles. The van der Waals surface area contributed by atoms with Crippen LogP contribution in [-0.4, -0.2) is 48.3 Å². The normalized spacial score (nSPS) is 10.9. The van der Waals surface area contributed by atoms with Crippen molar-refractivity contribution in [2.75, 3.05) is 0 Å². The zero-order valence-corrected chi connectivity index (χ0v) is 19.9. The van der Waals surface area contributed by atoms with Crippen molar-refractivity contribution < 1.29 is 38.1 Å². The van der Waals surface area contributed by atoms with Gasteiger partial charge in [-0.05, 0) is 65.8 Å². The number of benzene rings is 1. The van der Waals surface area contributed by atoms with Crippen LogP contribution in [0, 0.1) is 0 Å². The minimum Gasteiger partial charge on any atom is -0.459 e. The van der Waals surface area contributed by atoms with E-state index in [0.717, 1.165) is 0 Å². The molecule has 8 nitrogen and oxygen atoms in total. The molecule has 0 spiro atoms. The highest BCUT2D eigenvalue weighted by atomic mass is 16.6. The molecule has 0 N–H and O–H groups in total. The van der Waals surface area contributed by atoms with Gasteiger partial charge in [0.05, 0.1) is 24.4 Å². The Labute approximate surface area is 188 Å². The summed E-state index contributed by atoms with van der Waals surface area (Å²) in [5.74, 6) is -3.33. The third-order valence-electron chi connectivity index (χ3n) is 3.65. The summed E-state index contributed by atoms with van der Waals surface area (Å²) in [6.07, 6.45) is -1.78. The summed E-state index contributed by atoms with van der Waals surface area (Å²) in [5, 5.41) is 0.442. The van der Waals surface area contributed by atoms with Crippen LogP contribution in [-0.2, 0) is 38.1 Å². The molecular weight excluding hydrogens is 416 g/mol. The van der Waals surface area contributed by atoms with Gasteiger partial charge in [0.2, 0.25) is 0 Å². The van der Waals surface area contributed by atoms with E-state index in [1.807, 2.05) is 0 Å². The first-order valence-electron chi connectivity index (χ1n) is 10.5. The van der Waals surface area contributed by atoms with Crippen molar-refractivity contribution in [3.8, 4) is 0 Å². The highest BCUT2D eigenvalue weighted by Gasteiger charge is 2.26. The maximum atomic E-state index is 12.5. The Morgan fingerprint density at radius 2 is 0.656 bits per heavy atom. The van der Waals surface area contributed by atoms with Gasteiger partial charge in [0.15, 0.2) is 11.1 Å². The number of rotatable bonds is 8. The van der Waals surface area contributed by atoms with E-state index >= 15 is 0 Å². The van der Waals surface area contributed by atoms with E-state index in [1.165, 1.54) is 24.3 Å². The molecule has 1 aromatic rings. The van der Waals surface area contributed by atoms with Crippen LogP contribution in [0.5, 0.6) is 0 Å². The maximum Gasteiger partial charge on any atom is 0.346 e. The lowest BCUT2D eigenvalue weighted by Gasteiger charge is -2.13. The van der Waals surface area contributed by atoms with Crippen molar-refractivity contribution in [2.24, 2.45) is 0 Å². The summed E-state index contributed by atoms with van der Waals surface area (Å²) >= 11 is 0. The fourth-order valence-electron chi connectivity index (χ4n) is 2.53. The molecular formula is C24H32O8. The standard InChI is InChI=1S/C24H32O8/c1-13(2)29-21(25)19(22(26)30-14(3)4)17-9-11-18(12-10-17)20(23(27)31-15(5)6)24(28)32-16(7)8/h9-16H,1-8H3. The van der Waals surface area contributed by atoms with E-state index in [9.17, 15) is 19.2 Å². The SMILES string of the molecule is CC(C)OC(=O)C(C(=O)OC(C)C)=c1ccc(=C(C(=O)OC(C)C)C(=O)OC(C)C)cc1. The molecule has 0 aliphatic carbocycles. The number of ether oxygens (including phenoxy) is 4. The largest absolute Gasteiger partial charge is 0.459 e. The van der Waals surface area contributed by atoms with Crippen LogP contribution in [0.4, 0.5) is 0 Å². The van der Waals surface area contributed by atoms with Crippen molar-refractivity contribution in [1.29, 1.82) is 0 Å². The average molecular weight is 449 g/mol. The first-order valence-corrected chi connectivity index (χ1v) is 10.5. The molecule has 0 heterocycles. The molecule has 0 aliphatic heterocycles. The molecule has 8 heteroatoms. The highest BCUT2D eigenvalue weighted by Crippen LogP contribution is 2.08. The van der Waals surface area contributed by atoms with Gasteiger partial charge in [-0.25, -0.2) is 19.2 Å². The molecule has 0 aliphatic rings. The van der Waals surface area contributed by atoms with E-state index in [-0.39, 0.29) is 21.6 Å². The third-order valence-corrected chi connectivity index (χ3v) is 3.65. The number of carbonyl (C=O) groups is 4. The third kappa shape index (κ3) is 8.17. The number of hydrogen-bond acceptors (Lipinski definition) is 8. The Morgan fingerprint density at radius 3 is 0.812 bits per heavy atom. The van der Waals surface area contributed by atoms with Crippen LogP contribution < -0.4 is 10.4 Å². The zero-order valence-electron chi connectivity index (χ0n) is 19.9. The van der Waals surface area contributed by atoms with E-state index in [4.69, 9.17) is 18.9 Å². The van der Waals surface area contributed by atoms with E-state index in [2.05, 4.69) is 0 Å². The Bertz CT molecular complexity index is 820. The van der Waals surface area contributed by atoms with Gasteiger partial charge in [0, 0.05) is 0 Å². The van der Waals surface area contributed by atoms with Gasteiger partial charge < -0.3 is 18.9 Å². The van der Waals surface area contributed by atoms with Crippen LogP contribution in [0.15, 0.2) is 24.3 Å². The van der Waals surface area contributed by atoms with Crippen LogP contribution >= 0.6 is 0 Å². The van der Waals surface area contributed by atoms with Crippen molar-refractivity contribution in [1.82, 2.24) is 0 Å². The summed E-state index contributed by atoms with van der Waals surface area (Å²) in [4.78, 5) is 50.2. The van der Waals surface area contributed by atoms with Gasteiger partial charge in [-0.2, -0.15) is 0 Å². The minimum absolute atomic E-state index is 0.221. The van der Waals surface area contributed by atoms with E-state index in [0.29, 0.717) is 0 Å². The van der Waals surface area contributed by atoms with Gasteiger partial charge in [-0.15, -0.1) is 0 Å². The lowest BCUT2D eigenvalue weighted by molar-refractivity contribution is -0.149. The second-order valence-corrected chi connectivity index (χ2v) is 8.14. The quantitative estimate of drug-likeness (QED) is 0.337. The molecule has 0 radical (unpaired) electrons. The molecule has 0 bridgehead atoms. The minimum atomic E-state index is -0.832. The van der Waals surface area contributed by atoms with Crippen LogP contribution in [0.25, 0.3) is 11.1 Å². The lowest BCUT2D eigenvalue weighted by Crippen LogP contribution is -2.30. The second-order valence-electron chi connectivity index (χ2n) is 8.14. The molecule has 0 unspecified atom stereocenters. The molecule has 32 heavy (non-hydrogen) atoms. The number of hydrogen-bond donors (Lipinski definition) is 0. The summed E-state index contributed by atoms with van der Waals surface area (Å²) in [6.45, 7) is 13.3. The zero-order chi connectivity index (χ0) is 24.6.